The van der Waals surface area contributed by atoms with Crippen molar-refractivity contribution in [2.24, 2.45) is 5.73 Å². The molecule has 1 aromatic carbocycles. The number of halogens is 2. The summed E-state index contributed by atoms with van der Waals surface area (Å²) in [4.78, 5) is 2.46. The van der Waals surface area contributed by atoms with Gasteiger partial charge >= 0.3 is 0 Å². The lowest BCUT2D eigenvalue weighted by molar-refractivity contribution is 0.331. The van der Waals surface area contributed by atoms with Crippen molar-refractivity contribution in [2.45, 2.75) is 19.4 Å². The Balaban J connectivity index is 0.00000128. The predicted octanol–water partition coefficient (Wildman–Crippen LogP) is 2.41. The van der Waals surface area contributed by atoms with E-state index in [4.69, 9.17) is 11.1 Å². The molecule has 0 bridgehead atoms. The number of nitrogen functional groups attached to an aromatic ring is 1. The molecule has 1 heterocycles. The Morgan fingerprint density at radius 1 is 1.12 bits per heavy atom. The second-order valence-electron chi connectivity index (χ2n) is 4.09. The highest BCUT2D eigenvalue weighted by molar-refractivity contribution is 5.94. The molecular weight excluding hydrogens is 257 g/mol. The Labute approximate surface area is 115 Å². The molecule has 1 aromatic rings. The fourth-order valence-electron chi connectivity index (χ4n) is 1.99. The number of nitrogens with two attached hydrogens (primary N) is 1. The van der Waals surface area contributed by atoms with E-state index in [2.05, 4.69) is 17.0 Å². The molecule has 0 unspecified atom stereocenters. The van der Waals surface area contributed by atoms with Crippen molar-refractivity contribution in [3.05, 3.63) is 35.4 Å². The Hall–Kier alpha value is -0.770. The zero-order chi connectivity index (χ0) is 10.7. The van der Waals surface area contributed by atoms with Crippen molar-refractivity contribution in [1.82, 2.24) is 4.90 Å². The van der Waals surface area contributed by atoms with Gasteiger partial charge in [0, 0.05) is 12.1 Å². The second kappa shape index (κ2) is 7.54. The highest BCUT2D eigenvalue weighted by Gasteiger charge is 2.11. The first-order chi connectivity index (χ1) is 7.25. The van der Waals surface area contributed by atoms with Gasteiger partial charge in [-0.15, -0.1) is 24.8 Å². The maximum absolute atomic E-state index is 7.30. The van der Waals surface area contributed by atoms with Gasteiger partial charge in [0.25, 0.3) is 0 Å². The quantitative estimate of drug-likeness (QED) is 0.658. The molecule has 0 amide bonds. The van der Waals surface area contributed by atoms with Crippen molar-refractivity contribution < 1.29 is 0 Å². The van der Waals surface area contributed by atoms with Crippen LogP contribution < -0.4 is 5.73 Å². The minimum atomic E-state index is 0. The van der Waals surface area contributed by atoms with Crippen LogP contribution in [0.25, 0.3) is 0 Å². The van der Waals surface area contributed by atoms with Crippen LogP contribution in [0.5, 0.6) is 0 Å². The third-order valence-electron chi connectivity index (χ3n) is 2.87. The fraction of sp³-hybridized carbons (Fsp3) is 0.417. The maximum Gasteiger partial charge on any atom is 0.122 e. The Kier molecular flexibility index (Phi) is 7.19. The minimum Gasteiger partial charge on any atom is -0.384 e. The van der Waals surface area contributed by atoms with E-state index in [1.165, 1.54) is 31.5 Å². The molecule has 1 fully saturated rings. The topological polar surface area (TPSA) is 53.1 Å². The lowest BCUT2D eigenvalue weighted by Gasteiger charge is -2.14. The third kappa shape index (κ3) is 4.54. The van der Waals surface area contributed by atoms with Crippen molar-refractivity contribution in [1.29, 1.82) is 5.41 Å². The van der Waals surface area contributed by atoms with E-state index in [0.717, 1.165) is 12.1 Å². The van der Waals surface area contributed by atoms with Gasteiger partial charge in [-0.2, -0.15) is 0 Å². The predicted molar refractivity (Wildman–Crippen MR) is 76.5 cm³/mol. The fourth-order valence-corrected chi connectivity index (χ4v) is 1.99. The first-order valence-corrected chi connectivity index (χ1v) is 5.41. The van der Waals surface area contributed by atoms with E-state index in [1.807, 2.05) is 12.1 Å². The zero-order valence-electron chi connectivity index (χ0n) is 9.69. The summed E-state index contributed by atoms with van der Waals surface area (Å²) in [6, 6.07) is 7.98. The summed E-state index contributed by atoms with van der Waals surface area (Å²) in [5, 5.41) is 7.30. The van der Waals surface area contributed by atoms with Crippen molar-refractivity contribution in [3.8, 4) is 0 Å². The minimum absolute atomic E-state index is 0. The van der Waals surface area contributed by atoms with Gasteiger partial charge < -0.3 is 5.73 Å². The Morgan fingerprint density at radius 3 is 2.12 bits per heavy atom. The monoisotopic (exact) mass is 275 g/mol. The number of rotatable bonds is 3. The van der Waals surface area contributed by atoms with Gasteiger partial charge in [0.2, 0.25) is 0 Å². The van der Waals surface area contributed by atoms with Crippen LogP contribution in [0, 0.1) is 5.41 Å². The van der Waals surface area contributed by atoms with Crippen LogP contribution in [0.3, 0.4) is 0 Å². The molecule has 0 aliphatic carbocycles. The standard InChI is InChI=1S/C12H17N3.2ClH/c13-12(14)11-5-3-10(4-6-11)9-15-7-1-2-8-15;;/h3-6H,1-2,7-9H2,(H3,13,14);2*1H. The van der Waals surface area contributed by atoms with E-state index in [1.54, 1.807) is 0 Å². The molecule has 3 N–H and O–H groups in total. The molecule has 3 nitrogen and oxygen atoms in total. The number of nitrogens with zero attached hydrogens (tertiary/aromatic N) is 1. The van der Waals surface area contributed by atoms with Crippen molar-refractivity contribution in [3.63, 3.8) is 0 Å². The maximum atomic E-state index is 7.30. The van der Waals surface area contributed by atoms with Gasteiger partial charge in [-0.3, -0.25) is 10.3 Å². The molecule has 0 saturated carbocycles. The normalized spacial score (nSPS) is 14.8. The first-order valence-electron chi connectivity index (χ1n) is 5.41. The molecule has 96 valence electrons. The number of hydrogen-bond acceptors (Lipinski definition) is 2. The summed E-state index contributed by atoms with van der Waals surface area (Å²) in [5.41, 5.74) is 7.51. The van der Waals surface area contributed by atoms with Crippen LogP contribution in [0.15, 0.2) is 24.3 Å². The van der Waals surface area contributed by atoms with Crippen molar-refractivity contribution in [2.75, 3.05) is 13.1 Å². The van der Waals surface area contributed by atoms with E-state index in [9.17, 15) is 0 Å². The van der Waals surface area contributed by atoms with Gasteiger partial charge in [0.15, 0.2) is 0 Å². The van der Waals surface area contributed by atoms with E-state index in [0.29, 0.717) is 0 Å². The molecule has 5 heteroatoms. The SMILES string of the molecule is Cl.Cl.N=C(N)c1ccc(CN2CCCC2)cc1. The molecule has 0 spiro atoms. The van der Waals surface area contributed by atoms with Crippen LogP contribution >= 0.6 is 24.8 Å². The lowest BCUT2D eigenvalue weighted by atomic mass is 10.1. The summed E-state index contributed by atoms with van der Waals surface area (Å²) >= 11 is 0. The summed E-state index contributed by atoms with van der Waals surface area (Å²) in [6.45, 7) is 3.46. The van der Waals surface area contributed by atoms with Crippen LogP contribution in [0.2, 0.25) is 0 Å². The third-order valence-corrected chi connectivity index (χ3v) is 2.87. The molecule has 1 saturated heterocycles. The van der Waals surface area contributed by atoms with E-state index < -0.39 is 0 Å². The number of hydrogen-bond donors (Lipinski definition) is 2. The van der Waals surface area contributed by atoms with Crippen molar-refractivity contribution >= 4 is 30.6 Å². The molecule has 1 aliphatic heterocycles. The Bertz CT molecular complexity index is 345. The molecule has 17 heavy (non-hydrogen) atoms. The second-order valence-corrected chi connectivity index (χ2v) is 4.09. The molecular formula is C12H19Cl2N3. The van der Waals surface area contributed by atoms with Gasteiger partial charge in [-0.25, -0.2) is 0 Å². The molecule has 0 radical (unpaired) electrons. The number of amidine groups is 1. The molecule has 1 aliphatic rings. The molecule has 2 rings (SSSR count). The highest BCUT2D eigenvalue weighted by Crippen LogP contribution is 2.13. The average molecular weight is 276 g/mol. The highest BCUT2D eigenvalue weighted by atomic mass is 35.5. The largest absolute Gasteiger partial charge is 0.384 e. The smallest absolute Gasteiger partial charge is 0.122 e. The first kappa shape index (κ1) is 16.2. The average Bonchev–Trinajstić information content (AvgIpc) is 2.71. The van der Waals surface area contributed by atoms with Gasteiger partial charge in [-0.1, -0.05) is 24.3 Å². The van der Waals surface area contributed by atoms with E-state index >= 15 is 0 Å². The van der Waals surface area contributed by atoms with Crippen LogP contribution in [0.4, 0.5) is 0 Å². The Morgan fingerprint density at radius 2 is 1.65 bits per heavy atom. The van der Waals surface area contributed by atoms with E-state index in [-0.39, 0.29) is 30.6 Å². The zero-order valence-corrected chi connectivity index (χ0v) is 11.3. The number of benzene rings is 1. The summed E-state index contributed by atoms with van der Waals surface area (Å²) in [6.07, 6.45) is 2.65. The number of likely N-dealkylation sites (tertiary alicyclic amines) is 1. The van der Waals surface area contributed by atoms with Crippen LogP contribution in [0.1, 0.15) is 24.0 Å². The molecule has 0 aromatic heterocycles. The summed E-state index contributed by atoms with van der Waals surface area (Å²) in [7, 11) is 0. The molecule has 0 atom stereocenters. The summed E-state index contributed by atoms with van der Waals surface area (Å²) < 4.78 is 0. The van der Waals surface area contributed by atoms with Gasteiger partial charge in [-0.05, 0) is 31.5 Å². The van der Waals surface area contributed by atoms with Gasteiger partial charge in [0.1, 0.15) is 5.84 Å². The number of nitrogens with one attached hydrogen (secondary N) is 1. The van der Waals surface area contributed by atoms with Gasteiger partial charge in [0.05, 0.1) is 0 Å². The van der Waals surface area contributed by atoms with Crippen LogP contribution in [-0.2, 0) is 6.54 Å². The summed E-state index contributed by atoms with van der Waals surface area (Å²) in [5.74, 6) is 0.141. The lowest BCUT2D eigenvalue weighted by Crippen LogP contribution is -2.18. The van der Waals surface area contributed by atoms with Crippen LogP contribution in [-0.4, -0.2) is 23.8 Å².